The molecule has 0 amide bonds. The van der Waals surface area contributed by atoms with Gasteiger partial charge in [-0.1, -0.05) is 25.1 Å². The summed E-state index contributed by atoms with van der Waals surface area (Å²) in [5.74, 6) is 0. The molecule has 21 heavy (non-hydrogen) atoms. The van der Waals surface area contributed by atoms with Crippen LogP contribution in [-0.2, 0) is 13.5 Å². The van der Waals surface area contributed by atoms with E-state index in [0.29, 0.717) is 6.04 Å². The second-order valence-corrected chi connectivity index (χ2v) is 6.33. The average Bonchev–Trinajstić information content (AvgIpc) is 3.10. The minimum Gasteiger partial charge on any atom is -0.310 e. The first-order valence-electron chi connectivity index (χ1n) is 7.45. The van der Waals surface area contributed by atoms with Gasteiger partial charge in [0, 0.05) is 29.5 Å². The summed E-state index contributed by atoms with van der Waals surface area (Å²) in [5, 5.41) is 11.6. The summed E-state index contributed by atoms with van der Waals surface area (Å²) < 4.78 is 3.25. The molecule has 0 aliphatic heterocycles. The maximum atomic E-state index is 4.32. The second kappa shape index (κ2) is 6.41. The van der Waals surface area contributed by atoms with E-state index in [1.165, 1.54) is 21.2 Å². The number of nitrogens with one attached hydrogen (secondary N) is 1. The van der Waals surface area contributed by atoms with Gasteiger partial charge in [-0.2, -0.15) is 5.10 Å². The van der Waals surface area contributed by atoms with E-state index in [4.69, 9.17) is 0 Å². The summed E-state index contributed by atoms with van der Waals surface area (Å²) in [4.78, 5) is 0. The van der Waals surface area contributed by atoms with E-state index < -0.39 is 0 Å². The summed E-state index contributed by atoms with van der Waals surface area (Å²) in [6.45, 7) is 3.23. The molecular formula is C17H21N3S. The molecule has 0 aliphatic rings. The smallest absolute Gasteiger partial charge is 0.0537 e. The van der Waals surface area contributed by atoms with Gasteiger partial charge in [0.05, 0.1) is 6.20 Å². The van der Waals surface area contributed by atoms with Gasteiger partial charge in [0.25, 0.3) is 0 Å². The minimum absolute atomic E-state index is 0.330. The Bertz CT molecular complexity index is 713. The Labute approximate surface area is 129 Å². The van der Waals surface area contributed by atoms with E-state index >= 15 is 0 Å². The number of fused-ring (bicyclic) bond motifs is 1. The van der Waals surface area contributed by atoms with Crippen LogP contribution in [0.1, 0.15) is 30.5 Å². The van der Waals surface area contributed by atoms with Crippen LogP contribution < -0.4 is 5.32 Å². The molecular weight excluding hydrogens is 278 g/mol. The third-order valence-electron chi connectivity index (χ3n) is 3.75. The van der Waals surface area contributed by atoms with Crippen LogP contribution in [-0.4, -0.2) is 16.3 Å². The van der Waals surface area contributed by atoms with Crippen LogP contribution in [0, 0.1) is 0 Å². The van der Waals surface area contributed by atoms with Gasteiger partial charge in [-0.25, -0.2) is 0 Å². The van der Waals surface area contributed by atoms with Crippen molar-refractivity contribution in [1.29, 1.82) is 0 Å². The van der Waals surface area contributed by atoms with Crippen molar-refractivity contribution >= 4 is 21.4 Å². The third kappa shape index (κ3) is 3.17. The van der Waals surface area contributed by atoms with Crippen LogP contribution in [0.4, 0.5) is 0 Å². The molecule has 2 heterocycles. The molecule has 1 unspecified atom stereocenters. The van der Waals surface area contributed by atoms with E-state index in [9.17, 15) is 0 Å². The fourth-order valence-corrected chi connectivity index (χ4v) is 3.63. The first-order chi connectivity index (χ1) is 10.3. The van der Waals surface area contributed by atoms with Gasteiger partial charge < -0.3 is 5.32 Å². The molecule has 2 aromatic heterocycles. The van der Waals surface area contributed by atoms with Gasteiger partial charge >= 0.3 is 0 Å². The highest BCUT2D eigenvalue weighted by Crippen LogP contribution is 2.29. The second-order valence-electron chi connectivity index (χ2n) is 5.42. The Morgan fingerprint density at radius 1 is 1.33 bits per heavy atom. The lowest BCUT2D eigenvalue weighted by Gasteiger charge is -2.17. The topological polar surface area (TPSA) is 29.9 Å². The predicted octanol–water partition coefficient (Wildman–Crippen LogP) is 3.92. The molecule has 0 radical (unpaired) electrons. The van der Waals surface area contributed by atoms with Crippen LogP contribution in [0.3, 0.4) is 0 Å². The lowest BCUT2D eigenvalue weighted by Crippen LogP contribution is -2.23. The van der Waals surface area contributed by atoms with Gasteiger partial charge in [0.1, 0.15) is 0 Å². The number of benzene rings is 1. The highest BCUT2D eigenvalue weighted by Gasteiger charge is 2.15. The van der Waals surface area contributed by atoms with E-state index in [1.807, 2.05) is 29.3 Å². The lowest BCUT2D eigenvalue weighted by atomic mass is 10.0. The van der Waals surface area contributed by atoms with Crippen molar-refractivity contribution in [1.82, 2.24) is 15.1 Å². The van der Waals surface area contributed by atoms with Crippen LogP contribution in [0.15, 0.2) is 42.0 Å². The molecule has 0 fully saturated rings. The zero-order valence-corrected chi connectivity index (χ0v) is 13.4. The molecule has 4 heteroatoms. The molecule has 3 rings (SSSR count). The number of aryl methyl sites for hydroxylation is 1. The van der Waals surface area contributed by atoms with Crippen LogP contribution >= 0.6 is 11.3 Å². The highest BCUT2D eigenvalue weighted by atomic mass is 32.1. The Balaban J connectivity index is 1.87. The molecule has 3 nitrogen and oxygen atoms in total. The molecule has 0 saturated carbocycles. The summed E-state index contributed by atoms with van der Waals surface area (Å²) >= 11 is 1.83. The highest BCUT2D eigenvalue weighted by molar-refractivity contribution is 7.17. The van der Waals surface area contributed by atoms with Crippen molar-refractivity contribution < 1.29 is 0 Å². The molecule has 1 N–H and O–H groups in total. The maximum absolute atomic E-state index is 4.32. The zero-order chi connectivity index (χ0) is 14.7. The normalized spacial score (nSPS) is 12.9. The monoisotopic (exact) mass is 299 g/mol. The molecule has 3 aromatic rings. The summed E-state index contributed by atoms with van der Waals surface area (Å²) in [6.07, 6.45) is 6.24. The summed E-state index contributed by atoms with van der Waals surface area (Å²) in [7, 11) is 1.97. The quantitative estimate of drug-likeness (QED) is 0.747. The Hall–Kier alpha value is -1.65. The lowest BCUT2D eigenvalue weighted by molar-refractivity contribution is 0.530. The van der Waals surface area contributed by atoms with E-state index in [-0.39, 0.29) is 0 Å². The molecule has 0 saturated heterocycles. The standard InChI is InChI=1S/C17H21N3S/c1-3-8-18-16(14-10-19-20(2)11-14)9-13-12-21-17-7-5-4-6-15(13)17/h4-7,10-12,16,18H,3,8-9H2,1-2H3. The van der Waals surface area contributed by atoms with Crippen molar-refractivity contribution in [2.45, 2.75) is 25.8 Å². The molecule has 0 spiro atoms. The number of aromatic nitrogens is 2. The van der Waals surface area contributed by atoms with Gasteiger partial charge in [-0.3, -0.25) is 4.68 Å². The van der Waals surface area contributed by atoms with Crippen molar-refractivity contribution in [2.24, 2.45) is 7.05 Å². The SMILES string of the molecule is CCCNC(Cc1csc2ccccc12)c1cnn(C)c1. The van der Waals surface area contributed by atoms with Crippen molar-refractivity contribution in [3.63, 3.8) is 0 Å². The fraction of sp³-hybridized carbons (Fsp3) is 0.353. The summed E-state index contributed by atoms with van der Waals surface area (Å²) in [6, 6.07) is 8.98. The molecule has 0 aliphatic carbocycles. The molecule has 0 bridgehead atoms. The number of hydrogen-bond donors (Lipinski definition) is 1. The fourth-order valence-electron chi connectivity index (χ4n) is 2.66. The summed E-state index contributed by atoms with van der Waals surface area (Å²) in [5.41, 5.74) is 2.69. The van der Waals surface area contributed by atoms with E-state index in [1.54, 1.807) is 0 Å². The zero-order valence-electron chi connectivity index (χ0n) is 12.5. The van der Waals surface area contributed by atoms with Crippen molar-refractivity contribution in [3.05, 3.63) is 53.2 Å². The minimum atomic E-state index is 0.330. The van der Waals surface area contributed by atoms with Gasteiger partial charge in [-0.05, 0) is 41.8 Å². The Morgan fingerprint density at radius 2 is 2.19 bits per heavy atom. The Morgan fingerprint density at radius 3 is 2.95 bits per heavy atom. The third-order valence-corrected chi connectivity index (χ3v) is 4.77. The molecule has 1 aromatic carbocycles. The largest absolute Gasteiger partial charge is 0.310 e. The van der Waals surface area contributed by atoms with Crippen LogP contribution in [0.5, 0.6) is 0 Å². The first-order valence-corrected chi connectivity index (χ1v) is 8.33. The van der Waals surface area contributed by atoms with Gasteiger partial charge in [0.15, 0.2) is 0 Å². The van der Waals surface area contributed by atoms with Crippen LogP contribution in [0.25, 0.3) is 10.1 Å². The number of rotatable bonds is 6. The molecule has 1 atom stereocenters. The van der Waals surface area contributed by atoms with Crippen molar-refractivity contribution in [3.8, 4) is 0 Å². The number of hydrogen-bond acceptors (Lipinski definition) is 3. The maximum Gasteiger partial charge on any atom is 0.0537 e. The van der Waals surface area contributed by atoms with Crippen LogP contribution in [0.2, 0.25) is 0 Å². The average molecular weight is 299 g/mol. The Kier molecular flexibility index (Phi) is 4.36. The van der Waals surface area contributed by atoms with Gasteiger partial charge in [0.2, 0.25) is 0 Å². The molecule has 110 valence electrons. The van der Waals surface area contributed by atoms with E-state index in [2.05, 4.69) is 53.2 Å². The number of nitrogens with zero attached hydrogens (tertiary/aromatic N) is 2. The van der Waals surface area contributed by atoms with Crippen molar-refractivity contribution in [2.75, 3.05) is 6.54 Å². The van der Waals surface area contributed by atoms with Gasteiger partial charge in [-0.15, -0.1) is 11.3 Å². The van der Waals surface area contributed by atoms with E-state index in [0.717, 1.165) is 19.4 Å². The number of thiophene rings is 1. The predicted molar refractivity (Wildman–Crippen MR) is 89.8 cm³/mol. The first kappa shape index (κ1) is 14.3.